The number of amides is 1. The highest BCUT2D eigenvalue weighted by atomic mass is 79.9. The fourth-order valence-corrected chi connectivity index (χ4v) is 4.83. The van der Waals surface area contributed by atoms with Crippen LogP contribution in [0, 0.1) is 0 Å². The Kier molecular flexibility index (Phi) is 7.41. The van der Waals surface area contributed by atoms with Crippen LogP contribution in [0.15, 0.2) is 120 Å². The summed E-state index contributed by atoms with van der Waals surface area (Å²) in [6.07, 6.45) is 1.60. The summed E-state index contributed by atoms with van der Waals surface area (Å²) in [4.78, 5) is 14.4. The number of carbonyl (C=O) groups excluding carboxylic acids is 1. The second-order valence-electron chi connectivity index (χ2n) is 8.26. The Balaban J connectivity index is 1.83. The summed E-state index contributed by atoms with van der Waals surface area (Å²) in [7, 11) is 0. The molecule has 0 unspecified atom stereocenters. The van der Waals surface area contributed by atoms with Gasteiger partial charge in [0.15, 0.2) is 0 Å². The van der Waals surface area contributed by atoms with Crippen LogP contribution in [0.4, 0.5) is 0 Å². The van der Waals surface area contributed by atoms with E-state index in [0.29, 0.717) is 6.42 Å². The smallest absolute Gasteiger partial charge is 0.235 e. The zero-order valence-electron chi connectivity index (χ0n) is 18.7. The lowest BCUT2D eigenvalue weighted by molar-refractivity contribution is -0.126. The van der Waals surface area contributed by atoms with Crippen LogP contribution >= 0.6 is 15.9 Å². The lowest BCUT2D eigenvalue weighted by atomic mass is 9.70. The minimum Gasteiger partial charge on any atom is -0.344 e. The molecule has 1 atom stereocenters. The molecule has 0 radical (unpaired) electrons. The van der Waals surface area contributed by atoms with Crippen molar-refractivity contribution in [2.45, 2.75) is 31.2 Å². The minimum atomic E-state index is -0.778. The molecule has 4 aromatic rings. The number of carbonyl (C=O) groups is 1. The summed E-state index contributed by atoms with van der Waals surface area (Å²) in [6.45, 7) is 2.14. The first-order valence-electron chi connectivity index (χ1n) is 11.4. The quantitative estimate of drug-likeness (QED) is 0.269. The number of rotatable bonds is 8. The van der Waals surface area contributed by atoms with Crippen molar-refractivity contribution in [2.75, 3.05) is 0 Å². The van der Waals surface area contributed by atoms with Crippen molar-refractivity contribution in [3.63, 3.8) is 0 Å². The van der Waals surface area contributed by atoms with E-state index < -0.39 is 5.41 Å². The molecule has 0 saturated heterocycles. The normalized spacial score (nSPS) is 12.2. The second kappa shape index (κ2) is 10.6. The van der Waals surface area contributed by atoms with Crippen LogP contribution in [-0.4, -0.2) is 5.91 Å². The summed E-state index contributed by atoms with van der Waals surface area (Å²) in [5.41, 5.74) is 3.35. The van der Waals surface area contributed by atoms with Gasteiger partial charge in [-0.25, -0.2) is 0 Å². The zero-order valence-corrected chi connectivity index (χ0v) is 20.3. The van der Waals surface area contributed by atoms with Crippen LogP contribution in [0.25, 0.3) is 0 Å². The van der Waals surface area contributed by atoms with Crippen LogP contribution in [-0.2, 0) is 10.2 Å². The number of hydrogen-bond acceptors (Lipinski definition) is 1. The summed E-state index contributed by atoms with van der Waals surface area (Å²) in [5, 5.41) is 3.44. The fourth-order valence-electron chi connectivity index (χ4n) is 4.57. The summed E-state index contributed by atoms with van der Waals surface area (Å²) >= 11 is 3.53. The van der Waals surface area contributed by atoms with E-state index in [1.54, 1.807) is 0 Å². The highest BCUT2D eigenvalue weighted by Gasteiger charge is 2.42. The number of hydrogen-bond donors (Lipinski definition) is 1. The lowest BCUT2D eigenvalue weighted by Gasteiger charge is -2.35. The Hall–Kier alpha value is -3.17. The summed E-state index contributed by atoms with van der Waals surface area (Å²) < 4.78 is 1.01. The van der Waals surface area contributed by atoms with Gasteiger partial charge in [0.25, 0.3) is 0 Å². The molecule has 1 amide bonds. The summed E-state index contributed by atoms with van der Waals surface area (Å²) in [6, 6.07) is 38.4. The molecule has 4 aromatic carbocycles. The molecule has 0 aliphatic carbocycles. The highest BCUT2D eigenvalue weighted by Crippen LogP contribution is 2.38. The molecule has 0 saturated carbocycles. The lowest BCUT2D eigenvalue weighted by Crippen LogP contribution is -2.46. The Labute approximate surface area is 204 Å². The van der Waals surface area contributed by atoms with Crippen molar-refractivity contribution in [2.24, 2.45) is 0 Å². The molecule has 2 nitrogen and oxygen atoms in total. The Morgan fingerprint density at radius 3 is 1.67 bits per heavy atom. The second-order valence-corrected chi connectivity index (χ2v) is 9.17. The molecule has 0 bridgehead atoms. The first-order valence-corrected chi connectivity index (χ1v) is 12.2. The highest BCUT2D eigenvalue weighted by molar-refractivity contribution is 9.10. The molecular formula is C30H28BrNO. The third kappa shape index (κ3) is 4.94. The fraction of sp³-hybridized carbons (Fsp3) is 0.167. The number of benzene rings is 4. The Morgan fingerprint density at radius 2 is 1.18 bits per heavy atom. The van der Waals surface area contributed by atoms with Gasteiger partial charge in [-0.05, 0) is 40.8 Å². The van der Waals surface area contributed by atoms with Crippen LogP contribution in [0.2, 0.25) is 0 Å². The van der Waals surface area contributed by atoms with Gasteiger partial charge in [-0.15, -0.1) is 0 Å². The van der Waals surface area contributed by atoms with Crippen molar-refractivity contribution in [3.8, 4) is 0 Å². The van der Waals surface area contributed by atoms with E-state index in [1.165, 1.54) is 0 Å². The van der Waals surface area contributed by atoms with Crippen molar-refractivity contribution < 1.29 is 4.79 Å². The van der Waals surface area contributed by atoms with Crippen molar-refractivity contribution >= 4 is 21.8 Å². The molecule has 166 valence electrons. The topological polar surface area (TPSA) is 29.1 Å². The number of nitrogens with one attached hydrogen (secondary N) is 1. The van der Waals surface area contributed by atoms with Crippen LogP contribution < -0.4 is 5.32 Å². The molecule has 0 aliphatic rings. The van der Waals surface area contributed by atoms with Gasteiger partial charge < -0.3 is 5.32 Å². The maximum Gasteiger partial charge on any atom is 0.235 e. The average Bonchev–Trinajstić information content (AvgIpc) is 2.88. The molecule has 0 heterocycles. The van der Waals surface area contributed by atoms with Crippen molar-refractivity contribution in [1.82, 2.24) is 5.32 Å². The van der Waals surface area contributed by atoms with Crippen LogP contribution in [0.5, 0.6) is 0 Å². The first kappa shape index (κ1) is 23.0. The molecule has 4 rings (SSSR count). The maximum atomic E-state index is 14.4. The predicted molar refractivity (Wildman–Crippen MR) is 139 cm³/mol. The van der Waals surface area contributed by atoms with Crippen LogP contribution in [0.3, 0.4) is 0 Å². The monoisotopic (exact) mass is 497 g/mol. The van der Waals surface area contributed by atoms with E-state index >= 15 is 0 Å². The largest absolute Gasteiger partial charge is 0.344 e. The molecule has 0 fully saturated rings. The SMILES string of the molecule is CCCC(C(=O)N[C@@H](c1ccccc1)c1ccc(Br)cc1)(c1ccccc1)c1ccccc1. The number of halogens is 1. The van der Waals surface area contributed by atoms with Gasteiger partial charge in [-0.2, -0.15) is 0 Å². The molecule has 0 spiro atoms. The summed E-state index contributed by atoms with van der Waals surface area (Å²) in [5.74, 6) is 0.0125. The van der Waals surface area contributed by atoms with Crippen LogP contribution in [0.1, 0.15) is 48.1 Å². The third-order valence-corrected chi connectivity index (χ3v) is 6.69. The molecular weight excluding hydrogens is 470 g/mol. The van der Waals surface area contributed by atoms with Gasteiger partial charge >= 0.3 is 0 Å². The standard InChI is InChI=1S/C30H28BrNO/c1-2-22-30(25-14-8-4-9-15-25,26-16-10-5-11-17-26)29(33)32-28(23-12-6-3-7-13-23)24-18-20-27(31)21-19-24/h3-21,28H,2,22H2,1H3,(H,32,33)/t28-/m0/s1. The van der Waals surface area contributed by atoms with Crippen molar-refractivity contribution in [1.29, 1.82) is 0 Å². The molecule has 0 aromatic heterocycles. The van der Waals surface area contributed by atoms with E-state index in [1.807, 2.05) is 66.7 Å². The first-order chi connectivity index (χ1) is 16.1. The Bertz CT molecular complexity index is 1120. The molecule has 33 heavy (non-hydrogen) atoms. The average molecular weight is 498 g/mol. The van der Waals surface area contributed by atoms with Gasteiger partial charge in [0, 0.05) is 4.47 Å². The van der Waals surface area contributed by atoms with Gasteiger partial charge in [0.1, 0.15) is 0 Å². The minimum absolute atomic E-state index is 0.0125. The van der Waals surface area contributed by atoms with E-state index in [0.717, 1.165) is 33.1 Å². The Morgan fingerprint density at radius 1 is 0.727 bits per heavy atom. The van der Waals surface area contributed by atoms with E-state index in [2.05, 4.69) is 76.7 Å². The van der Waals surface area contributed by atoms with Gasteiger partial charge in [-0.1, -0.05) is 132 Å². The molecule has 0 aliphatic heterocycles. The molecule has 3 heteroatoms. The molecule has 1 N–H and O–H groups in total. The van der Waals surface area contributed by atoms with E-state index in [-0.39, 0.29) is 11.9 Å². The van der Waals surface area contributed by atoms with Gasteiger partial charge in [-0.3, -0.25) is 4.79 Å². The third-order valence-electron chi connectivity index (χ3n) is 6.16. The van der Waals surface area contributed by atoms with Gasteiger partial charge in [0.05, 0.1) is 11.5 Å². The van der Waals surface area contributed by atoms with Gasteiger partial charge in [0.2, 0.25) is 5.91 Å². The maximum absolute atomic E-state index is 14.4. The van der Waals surface area contributed by atoms with E-state index in [9.17, 15) is 4.79 Å². The van der Waals surface area contributed by atoms with E-state index in [4.69, 9.17) is 0 Å². The zero-order chi connectivity index (χ0) is 23.1. The predicted octanol–water partition coefficient (Wildman–Crippen LogP) is 7.44. The van der Waals surface area contributed by atoms with Crippen molar-refractivity contribution in [3.05, 3.63) is 142 Å².